The van der Waals surface area contributed by atoms with Crippen LogP contribution in [0.4, 0.5) is 5.13 Å². The van der Waals surface area contributed by atoms with Crippen LogP contribution in [0, 0.1) is 0 Å². The van der Waals surface area contributed by atoms with Crippen molar-refractivity contribution in [3.63, 3.8) is 0 Å². The van der Waals surface area contributed by atoms with Gasteiger partial charge in [0.15, 0.2) is 11.5 Å². The van der Waals surface area contributed by atoms with Gasteiger partial charge >= 0.3 is 0 Å². The molecule has 0 fully saturated rings. The molecule has 0 unspecified atom stereocenters. The largest absolute Gasteiger partial charge is 0.478 e. The van der Waals surface area contributed by atoms with Gasteiger partial charge in [-0.3, -0.25) is 0 Å². The number of ether oxygens (including phenoxy) is 3. The molecule has 166 valence electrons. The molecule has 1 aliphatic rings. The van der Waals surface area contributed by atoms with Crippen LogP contribution in [0.15, 0.2) is 42.7 Å². The van der Waals surface area contributed by atoms with E-state index in [9.17, 15) is 0 Å². The first-order valence-corrected chi connectivity index (χ1v) is 11.2. The Morgan fingerprint density at radius 2 is 2.03 bits per heavy atom. The lowest BCUT2D eigenvalue weighted by Gasteiger charge is -2.10. The van der Waals surface area contributed by atoms with Crippen LogP contribution in [-0.2, 0) is 6.54 Å². The van der Waals surface area contributed by atoms with E-state index in [-0.39, 0.29) is 6.79 Å². The minimum Gasteiger partial charge on any atom is -0.478 e. The molecule has 4 aromatic rings. The van der Waals surface area contributed by atoms with Crippen LogP contribution in [0.2, 0.25) is 0 Å². The maximum Gasteiger partial charge on any atom is 0.231 e. The molecular formula is C22H24N6O3S. The van der Waals surface area contributed by atoms with Gasteiger partial charge in [-0.2, -0.15) is 0 Å². The first-order chi connectivity index (χ1) is 15.7. The summed E-state index contributed by atoms with van der Waals surface area (Å²) < 4.78 is 18.4. The summed E-state index contributed by atoms with van der Waals surface area (Å²) >= 11 is 1.50. The van der Waals surface area contributed by atoms with Gasteiger partial charge in [-0.15, -0.1) is 5.10 Å². The van der Waals surface area contributed by atoms with Gasteiger partial charge in [0.1, 0.15) is 0 Å². The fourth-order valence-corrected chi connectivity index (χ4v) is 4.14. The second-order valence-electron chi connectivity index (χ2n) is 7.68. The highest BCUT2D eigenvalue weighted by Crippen LogP contribution is 2.33. The molecule has 4 heterocycles. The van der Waals surface area contributed by atoms with Crippen LogP contribution in [-0.4, -0.2) is 58.5 Å². The van der Waals surface area contributed by atoms with E-state index in [1.54, 1.807) is 6.20 Å². The third-order valence-electron chi connectivity index (χ3n) is 5.00. The molecule has 1 aliphatic heterocycles. The lowest BCUT2D eigenvalue weighted by atomic mass is 10.2. The van der Waals surface area contributed by atoms with Crippen molar-refractivity contribution in [2.75, 3.05) is 39.4 Å². The lowest BCUT2D eigenvalue weighted by Crippen LogP contribution is -2.15. The molecule has 32 heavy (non-hydrogen) atoms. The first-order valence-electron chi connectivity index (χ1n) is 10.4. The van der Waals surface area contributed by atoms with Gasteiger partial charge < -0.3 is 24.4 Å². The molecule has 5 rings (SSSR count). The highest BCUT2D eigenvalue weighted by atomic mass is 32.1. The van der Waals surface area contributed by atoms with Gasteiger partial charge in [0.25, 0.3) is 0 Å². The predicted molar refractivity (Wildman–Crippen MR) is 123 cm³/mol. The van der Waals surface area contributed by atoms with E-state index in [2.05, 4.69) is 39.4 Å². The molecule has 9 nitrogen and oxygen atoms in total. The van der Waals surface area contributed by atoms with E-state index in [4.69, 9.17) is 14.2 Å². The van der Waals surface area contributed by atoms with Crippen molar-refractivity contribution < 1.29 is 14.2 Å². The number of rotatable bonds is 9. The van der Waals surface area contributed by atoms with Gasteiger partial charge in [0.2, 0.25) is 22.8 Å². The molecule has 0 saturated carbocycles. The number of hydrogen-bond donors (Lipinski definition) is 1. The zero-order valence-corrected chi connectivity index (χ0v) is 18.8. The van der Waals surface area contributed by atoms with E-state index >= 15 is 0 Å². The fraction of sp³-hybridized carbons (Fsp3) is 0.318. The molecule has 1 N–H and O–H groups in total. The van der Waals surface area contributed by atoms with Crippen LogP contribution in [0.1, 0.15) is 12.0 Å². The van der Waals surface area contributed by atoms with E-state index in [1.165, 1.54) is 11.3 Å². The third kappa shape index (κ3) is 4.46. The average Bonchev–Trinajstić information content (AvgIpc) is 3.51. The Balaban J connectivity index is 1.24. The normalized spacial score (nSPS) is 12.6. The number of nitrogens with zero attached hydrogens (tertiary/aromatic N) is 5. The van der Waals surface area contributed by atoms with Crippen molar-refractivity contribution in [2.45, 2.75) is 13.0 Å². The molecule has 0 amide bonds. The van der Waals surface area contributed by atoms with Crippen molar-refractivity contribution in [3.05, 3.63) is 48.3 Å². The summed E-state index contributed by atoms with van der Waals surface area (Å²) in [5, 5.41) is 8.83. The number of imidazole rings is 1. The molecule has 0 aliphatic carbocycles. The Morgan fingerprint density at radius 1 is 1.12 bits per heavy atom. The molecular weight excluding hydrogens is 428 g/mol. The zero-order valence-electron chi connectivity index (χ0n) is 17.9. The van der Waals surface area contributed by atoms with E-state index in [0.717, 1.165) is 51.4 Å². The van der Waals surface area contributed by atoms with E-state index < -0.39 is 0 Å². The number of pyridine rings is 1. The Morgan fingerprint density at radius 3 is 2.88 bits per heavy atom. The quantitative estimate of drug-likeness (QED) is 0.386. The number of fused-ring (bicyclic) bond motifs is 2. The maximum atomic E-state index is 5.72. The number of benzene rings is 1. The summed E-state index contributed by atoms with van der Waals surface area (Å²) in [4.78, 5) is 11.9. The number of anilines is 1. The third-order valence-corrected chi connectivity index (χ3v) is 5.88. The van der Waals surface area contributed by atoms with Crippen molar-refractivity contribution in [1.82, 2.24) is 24.5 Å². The van der Waals surface area contributed by atoms with E-state index in [1.807, 2.05) is 41.0 Å². The van der Waals surface area contributed by atoms with Gasteiger partial charge in [-0.05, 0) is 44.3 Å². The minimum atomic E-state index is 0.275. The zero-order chi connectivity index (χ0) is 21.9. The Bertz CT molecular complexity index is 1200. The van der Waals surface area contributed by atoms with Crippen molar-refractivity contribution in [2.24, 2.45) is 0 Å². The van der Waals surface area contributed by atoms with Gasteiger partial charge in [-0.1, -0.05) is 17.4 Å². The SMILES string of the molecule is CN(C)CCCOc1ccc(-c2cnc3sc(NCc4ccc5c(c4)OCO5)nn23)cn1. The van der Waals surface area contributed by atoms with Gasteiger partial charge in [0, 0.05) is 30.9 Å². The monoisotopic (exact) mass is 452 g/mol. The maximum absolute atomic E-state index is 5.72. The Hall–Kier alpha value is -3.37. The number of nitrogens with one attached hydrogen (secondary N) is 1. The van der Waals surface area contributed by atoms with E-state index in [0.29, 0.717) is 19.0 Å². The minimum absolute atomic E-state index is 0.275. The predicted octanol–water partition coefficient (Wildman–Crippen LogP) is 3.52. The summed E-state index contributed by atoms with van der Waals surface area (Å²) in [6.07, 6.45) is 4.57. The Kier molecular flexibility index (Phi) is 5.78. The van der Waals surface area contributed by atoms with Crippen LogP contribution >= 0.6 is 11.3 Å². The second-order valence-corrected chi connectivity index (χ2v) is 8.63. The molecule has 0 spiro atoms. The topological polar surface area (TPSA) is 86.0 Å². The summed E-state index contributed by atoms with van der Waals surface area (Å²) in [6, 6.07) is 9.79. The fourth-order valence-electron chi connectivity index (χ4n) is 3.36. The lowest BCUT2D eigenvalue weighted by molar-refractivity contribution is 0.174. The molecule has 1 aromatic carbocycles. The summed E-state index contributed by atoms with van der Waals surface area (Å²) in [5.74, 6) is 2.18. The van der Waals surface area contributed by atoms with Crippen LogP contribution in [0.5, 0.6) is 17.4 Å². The smallest absolute Gasteiger partial charge is 0.231 e. The Labute approximate surface area is 189 Å². The average molecular weight is 453 g/mol. The van der Waals surface area contributed by atoms with Crippen LogP contribution < -0.4 is 19.5 Å². The first kappa shape index (κ1) is 20.5. The van der Waals surface area contributed by atoms with Gasteiger partial charge in [0.05, 0.1) is 18.5 Å². The molecule has 0 atom stereocenters. The summed E-state index contributed by atoms with van der Waals surface area (Å²) in [7, 11) is 4.10. The standard InChI is InChI=1S/C22H24N6O3S/c1-27(2)8-3-9-29-20-7-5-16(12-23-20)17-13-25-22-28(17)26-21(32-22)24-11-15-4-6-18-19(10-15)31-14-30-18/h4-7,10,12-13H,3,8-9,11,14H2,1-2H3,(H,24,26). The molecule has 0 radical (unpaired) electrons. The number of hydrogen-bond acceptors (Lipinski definition) is 9. The molecule has 0 bridgehead atoms. The van der Waals surface area contributed by atoms with Gasteiger partial charge in [-0.25, -0.2) is 14.5 Å². The van der Waals surface area contributed by atoms with Crippen molar-refractivity contribution >= 4 is 21.4 Å². The van der Waals surface area contributed by atoms with Crippen LogP contribution in [0.3, 0.4) is 0 Å². The van der Waals surface area contributed by atoms with Crippen molar-refractivity contribution in [1.29, 1.82) is 0 Å². The molecule has 3 aromatic heterocycles. The summed E-state index contributed by atoms with van der Waals surface area (Å²) in [5.41, 5.74) is 2.91. The molecule has 10 heteroatoms. The summed E-state index contributed by atoms with van der Waals surface area (Å²) in [6.45, 7) is 2.54. The van der Waals surface area contributed by atoms with Crippen molar-refractivity contribution in [3.8, 4) is 28.6 Å². The highest BCUT2D eigenvalue weighted by molar-refractivity contribution is 7.20. The second kappa shape index (κ2) is 9.01. The number of aromatic nitrogens is 4. The highest BCUT2D eigenvalue weighted by Gasteiger charge is 2.15. The van der Waals surface area contributed by atoms with Crippen LogP contribution in [0.25, 0.3) is 16.2 Å². The molecule has 0 saturated heterocycles.